The molecule has 248 valence electrons. The Morgan fingerprint density at radius 3 is 1.50 bits per heavy atom. The van der Waals surface area contributed by atoms with Crippen molar-refractivity contribution < 1.29 is 91.5 Å². The molecule has 1 N–H and O–H groups in total. The number of aliphatic hydroxyl groups excluding tert-OH is 1. The largest absolute Gasteiger partial charge is 0.463 e. The molecule has 0 radical (unpaired) electrons. The molecule has 0 spiro atoms. The maximum Gasteiger partial charge on any atom is 0.303 e. The summed E-state index contributed by atoms with van der Waals surface area (Å²) in [6, 6.07) is 0. The van der Waals surface area contributed by atoms with Crippen LogP contribution in [0, 0.1) is 0 Å². The Bertz CT molecular complexity index is 1170. The van der Waals surface area contributed by atoms with E-state index in [2.05, 4.69) is 0 Å². The van der Waals surface area contributed by atoms with Crippen LogP contribution < -0.4 is 0 Å². The summed E-state index contributed by atoms with van der Waals surface area (Å²) < 4.78 is 83.0. The molecule has 18 heteroatoms. The minimum Gasteiger partial charge on any atom is -0.463 e. The van der Waals surface area contributed by atoms with E-state index in [1.807, 2.05) is 0 Å². The van der Waals surface area contributed by atoms with E-state index in [4.69, 9.17) is 52.9 Å². The van der Waals surface area contributed by atoms with Crippen molar-refractivity contribution in [3.63, 3.8) is 0 Å². The maximum atomic E-state index is 12.4. The first-order valence-electron chi connectivity index (χ1n) is 15.5. The lowest BCUT2D eigenvalue weighted by atomic mass is 9.96. The number of carbonyl (C=O) groups is 7. The van der Waals surface area contributed by atoms with Gasteiger partial charge in [-0.2, -0.15) is 0 Å². The van der Waals surface area contributed by atoms with Gasteiger partial charge in [0.25, 0.3) is 0 Å². The maximum absolute atomic E-state index is 12.4. The summed E-state index contributed by atoms with van der Waals surface area (Å²) in [4.78, 5) is 84.7. The summed E-state index contributed by atoms with van der Waals surface area (Å²) >= 11 is 0. The molecule has 2 rings (SSSR count). The van der Waals surface area contributed by atoms with Crippen molar-refractivity contribution in [2.24, 2.45) is 0 Å². The first kappa shape index (κ1) is 30.2. The predicted molar refractivity (Wildman–Crippen MR) is 135 cm³/mol. The van der Waals surface area contributed by atoms with Gasteiger partial charge in [0, 0.05) is 53.9 Å². The summed E-state index contributed by atoms with van der Waals surface area (Å²) in [5.41, 5.74) is 0. The summed E-state index contributed by atoms with van der Waals surface area (Å²) in [6.07, 6.45) is -18.3. The molecule has 18 nitrogen and oxygen atoms in total. The molecule has 10 atom stereocenters. The molecule has 2 aliphatic rings. The molecule has 0 amide bonds. The smallest absolute Gasteiger partial charge is 0.303 e. The second-order valence-electron chi connectivity index (χ2n) is 9.21. The van der Waals surface area contributed by atoms with Gasteiger partial charge >= 0.3 is 41.8 Å². The molecule has 0 aromatic carbocycles. The highest BCUT2D eigenvalue weighted by Crippen LogP contribution is 2.34. The van der Waals surface area contributed by atoms with E-state index in [1.165, 1.54) is 0 Å². The lowest BCUT2D eigenvalue weighted by Crippen LogP contribution is -2.67. The van der Waals surface area contributed by atoms with Gasteiger partial charge in [0.1, 0.15) is 31.5 Å². The monoisotopic (exact) mass is 640 g/mol. The van der Waals surface area contributed by atoms with E-state index in [0.29, 0.717) is 0 Å². The van der Waals surface area contributed by atoms with E-state index in [0.717, 1.165) is 20.8 Å². The fourth-order valence-corrected chi connectivity index (χ4v) is 4.35. The summed E-state index contributed by atoms with van der Waals surface area (Å²) in [5, 5.41) is 10.7. The molecular weight excluding hydrogens is 600 g/mol. The number of esters is 7. The Balaban J connectivity index is 2.73. The minimum atomic E-state index is -2.03. The van der Waals surface area contributed by atoms with E-state index < -0.39 is 144 Å². The minimum absolute atomic E-state index is 0.683. The van der Waals surface area contributed by atoms with Crippen molar-refractivity contribution in [3.8, 4) is 0 Å². The number of ether oxygens (including phenoxy) is 10. The van der Waals surface area contributed by atoms with Crippen LogP contribution in [0.2, 0.25) is 0 Å². The van der Waals surface area contributed by atoms with Gasteiger partial charge in [-0.05, 0) is 0 Å². The van der Waals surface area contributed by atoms with Crippen molar-refractivity contribution in [2.45, 2.75) is 110 Å². The number of aliphatic hydroxyl groups is 1. The average molecular weight is 641 g/mol. The van der Waals surface area contributed by atoms with Crippen LogP contribution in [0.1, 0.15) is 53.9 Å². The lowest BCUT2D eigenvalue weighted by Gasteiger charge is -2.48. The molecule has 0 bridgehead atoms. The zero-order valence-electron chi connectivity index (χ0n) is 27.9. The Kier molecular flexibility index (Phi) is 11.2. The third-order valence-corrected chi connectivity index (χ3v) is 5.76. The van der Waals surface area contributed by atoms with Gasteiger partial charge in [0.15, 0.2) is 43.1 Å². The average Bonchev–Trinajstić information content (AvgIpc) is 3.03. The summed E-state index contributed by atoms with van der Waals surface area (Å²) in [5.74, 6) is -7.61. The van der Waals surface area contributed by atoms with Gasteiger partial charge < -0.3 is 52.5 Å². The number of hydrogen-bond donors (Lipinski definition) is 1. The number of hydrogen-bond acceptors (Lipinski definition) is 18. The van der Waals surface area contributed by atoms with Crippen LogP contribution in [0.4, 0.5) is 0 Å². The predicted octanol–water partition coefficient (Wildman–Crippen LogP) is -1.40. The van der Waals surface area contributed by atoms with Crippen LogP contribution >= 0.6 is 0 Å². The molecule has 2 fully saturated rings. The van der Waals surface area contributed by atoms with E-state index in [1.54, 1.807) is 0 Å². The first-order valence-corrected chi connectivity index (χ1v) is 12.7. The van der Waals surface area contributed by atoms with Gasteiger partial charge in [-0.1, -0.05) is 0 Å². The van der Waals surface area contributed by atoms with Crippen LogP contribution in [0.15, 0.2) is 0 Å². The second-order valence-corrected chi connectivity index (χ2v) is 9.21. The van der Waals surface area contributed by atoms with Crippen molar-refractivity contribution in [3.05, 3.63) is 0 Å². The molecule has 0 aromatic heterocycles. The fraction of sp³-hybridized carbons (Fsp3) is 0.731. The van der Waals surface area contributed by atoms with Crippen molar-refractivity contribution in [1.82, 2.24) is 0 Å². The van der Waals surface area contributed by atoms with Crippen LogP contribution in [-0.4, -0.2) is 122 Å². The van der Waals surface area contributed by atoms with E-state index in [-0.39, 0.29) is 0 Å². The Morgan fingerprint density at radius 1 is 0.545 bits per heavy atom. The van der Waals surface area contributed by atoms with Crippen molar-refractivity contribution in [1.29, 1.82) is 0 Å². The molecule has 44 heavy (non-hydrogen) atoms. The van der Waals surface area contributed by atoms with Crippen LogP contribution in [-0.2, 0) is 80.9 Å². The fourth-order valence-electron chi connectivity index (χ4n) is 4.35. The number of carbonyl (C=O) groups excluding carboxylic acids is 7. The Hall–Kier alpha value is -3.87. The molecule has 1 unspecified atom stereocenters. The topological polar surface area (TPSA) is 232 Å². The highest BCUT2D eigenvalue weighted by molar-refractivity contribution is 5.69. The van der Waals surface area contributed by atoms with E-state index >= 15 is 0 Å². The molecule has 0 aliphatic carbocycles. The van der Waals surface area contributed by atoms with Crippen molar-refractivity contribution in [2.75, 3.05) is 13.2 Å². The standard InChI is InChI=1S/C26H36O18/c1-10(27)35-8-17-20(21(38-13(4)30)23(25(34)42-17)40-15(6)32)44-26-24(41-16(7)33)22(39-14(5)31)19(37-12(3)29)18(43-26)9-36-11(2)28/h17-26,34H,8-9H2,1-7H3/t17-,18-,19+,20-,21+,22+,23-,24-,25-,26?/m1/s1/i2D,3D,5D,7D. The zero-order valence-corrected chi connectivity index (χ0v) is 23.9. The van der Waals surface area contributed by atoms with Gasteiger partial charge in [0.05, 0.1) is 0 Å². The van der Waals surface area contributed by atoms with Crippen LogP contribution in [0.25, 0.3) is 0 Å². The Morgan fingerprint density at radius 2 is 0.977 bits per heavy atom. The first-order chi connectivity index (χ1) is 22.6. The molecular formula is C26H36O18. The van der Waals surface area contributed by atoms with Gasteiger partial charge in [-0.3, -0.25) is 33.6 Å². The lowest BCUT2D eigenvalue weighted by molar-refractivity contribution is -0.357. The highest BCUT2D eigenvalue weighted by Gasteiger charge is 2.57. The van der Waals surface area contributed by atoms with Gasteiger partial charge in [-0.15, -0.1) is 0 Å². The van der Waals surface area contributed by atoms with Crippen LogP contribution in [0.5, 0.6) is 0 Å². The quantitative estimate of drug-likeness (QED) is 0.202. The molecule has 0 saturated carbocycles. The number of rotatable bonds is 11. The van der Waals surface area contributed by atoms with E-state index in [9.17, 15) is 38.7 Å². The normalized spacial score (nSPS) is 32.6. The SMILES string of the molecule is [2H]CC(=O)OC[C@H]1OC(O[C@H]2[C@H](OC(C)=O)[C@@H](OC(C)=O)[C@H](O)O[C@@H]2COC(C)=O)[C@H](OC(=O)C[2H])[C@@H](OC(=O)C[2H])[C@H]1OC(=O)C[2H]. The molecule has 0 aromatic rings. The molecule has 2 aliphatic heterocycles. The Labute approximate surface area is 257 Å². The van der Waals surface area contributed by atoms with Crippen LogP contribution in [0.3, 0.4) is 0 Å². The summed E-state index contributed by atoms with van der Waals surface area (Å²) in [7, 11) is 0. The zero-order chi connectivity index (χ0) is 36.1. The van der Waals surface area contributed by atoms with Crippen molar-refractivity contribution >= 4 is 41.8 Å². The second kappa shape index (κ2) is 16.3. The molecule has 2 heterocycles. The molecule has 2 saturated heterocycles. The third-order valence-electron chi connectivity index (χ3n) is 5.76. The third kappa shape index (κ3) is 10.7. The van der Waals surface area contributed by atoms with Gasteiger partial charge in [0.2, 0.25) is 0 Å². The summed E-state index contributed by atoms with van der Waals surface area (Å²) in [6.45, 7) is -2.38. The van der Waals surface area contributed by atoms with Gasteiger partial charge in [-0.25, -0.2) is 0 Å². The highest BCUT2D eigenvalue weighted by atomic mass is 16.8.